The Morgan fingerprint density at radius 2 is 2.14 bits per heavy atom. The Balaban J connectivity index is 2.10. The van der Waals surface area contributed by atoms with E-state index < -0.39 is 23.4 Å². The van der Waals surface area contributed by atoms with Crippen molar-refractivity contribution in [3.05, 3.63) is 35.1 Å². The molecule has 1 aromatic carbocycles. The number of nitrogens with one attached hydrogen (secondary N) is 1. The van der Waals surface area contributed by atoms with Crippen LogP contribution in [0.3, 0.4) is 0 Å². The molecular weight excluding hydrogens is 289 g/mol. The molecule has 1 amide bonds. The number of aliphatic carboxylic acids is 1. The average molecular weight is 309 g/mol. The first-order valence-electron chi connectivity index (χ1n) is 7.20. The second-order valence-electron chi connectivity index (χ2n) is 5.76. The first-order valence-corrected chi connectivity index (χ1v) is 7.20. The first kappa shape index (κ1) is 16.4. The molecule has 6 heteroatoms. The van der Waals surface area contributed by atoms with Gasteiger partial charge in [-0.25, -0.2) is 9.18 Å². The van der Waals surface area contributed by atoms with E-state index in [0.29, 0.717) is 11.1 Å². The van der Waals surface area contributed by atoms with E-state index in [-0.39, 0.29) is 12.3 Å². The molecule has 1 atom stereocenters. The summed E-state index contributed by atoms with van der Waals surface area (Å²) in [5, 5.41) is 11.8. The van der Waals surface area contributed by atoms with Gasteiger partial charge in [-0.15, -0.1) is 0 Å². The number of hydrogen-bond donors (Lipinski definition) is 2. The van der Waals surface area contributed by atoms with Gasteiger partial charge >= 0.3 is 5.97 Å². The van der Waals surface area contributed by atoms with Crippen LogP contribution in [0.4, 0.5) is 4.39 Å². The van der Waals surface area contributed by atoms with Gasteiger partial charge in [0.05, 0.1) is 12.0 Å². The Labute approximate surface area is 128 Å². The summed E-state index contributed by atoms with van der Waals surface area (Å²) in [6, 6.07) is 2.82. The van der Waals surface area contributed by atoms with Crippen LogP contribution in [0.15, 0.2) is 18.2 Å². The minimum Gasteiger partial charge on any atom is -0.479 e. The largest absolute Gasteiger partial charge is 0.479 e. The third-order valence-corrected chi connectivity index (χ3v) is 4.25. The third-order valence-electron chi connectivity index (χ3n) is 4.25. The SMILES string of the molecule is COC1(CC(=O)NC(C(=O)O)c2ccc(F)c(C)c2)CCC1. The van der Waals surface area contributed by atoms with Crippen molar-refractivity contribution in [2.24, 2.45) is 0 Å². The van der Waals surface area contributed by atoms with Gasteiger partial charge in [0.15, 0.2) is 6.04 Å². The molecule has 0 heterocycles. The number of carbonyl (C=O) groups is 2. The van der Waals surface area contributed by atoms with Crippen LogP contribution < -0.4 is 5.32 Å². The fourth-order valence-corrected chi connectivity index (χ4v) is 2.66. The zero-order valence-electron chi connectivity index (χ0n) is 12.7. The monoisotopic (exact) mass is 309 g/mol. The molecule has 1 saturated carbocycles. The van der Waals surface area contributed by atoms with Gasteiger partial charge in [0.1, 0.15) is 5.82 Å². The first-order chi connectivity index (χ1) is 10.4. The molecule has 0 aromatic heterocycles. The fraction of sp³-hybridized carbons (Fsp3) is 0.500. The molecule has 1 fully saturated rings. The summed E-state index contributed by atoms with van der Waals surface area (Å²) in [6.45, 7) is 1.55. The number of benzene rings is 1. The Morgan fingerprint density at radius 3 is 2.59 bits per heavy atom. The zero-order valence-corrected chi connectivity index (χ0v) is 12.7. The van der Waals surface area contributed by atoms with Gasteiger partial charge in [-0.1, -0.05) is 12.1 Å². The molecule has 0 spiro atoms. The highest BCUT2D eigenvalue weighted by atomic mass is 19.1. The number of aryl methyl sites for hydroxylation is 1. The van der Waals surface area contributed by atoms with Crippen LogP contribution in [-0.2, 0) is 14.3 Å². The standard InChI is InChI=1S/C16H20FNO4/c1-10-8-11(4-5-12(10)17)14(15(20)21)18-13(19)9-16(22-2)6-3-7-16/h4-5,8,14H,3,6-7,9H2,1-2H3,(H,18,19)(H,20,21). The maximum absolute atomic E-state index is 13.3. The second-order valence-corrected chi connectivity index (χ2v) is 5.76. The van der Waals surface area contributed by atoms with Crippen LogP contribution in [0.5, 0.6) is 0 Å². The molecule has 2 rings (SSSR count). The molecule has 120 valence electrons. The summed E-state index contributed by atoms with van der Waals surface area (Å²) in [4.78, 5) is 23.5. The predicted octanol–water partition coefficient (Wildman–Crippen LogP) is 2.34. The Morgan fingerprint density at radius 1 is 1.45 bits per heavy atom. The fourth-order valence-electron chi connectivity index (χ4n) is 2.66. The quantitative estimate of drug-likeness (QED) is 0.845. The van der Waals surface area contributed by atoms with Crippen molar-refractivity contribution in [1.29, 1.82) is 0 Å². The lowest BCUT2D eigenvalue weighted by Gasteiger charge is -2.40. The molecule has 1 aliphatic carbocycles. The number of ether oxygens (including phenoxy) is 1. The minimum atomic E-state index is -1.19. The molecular formula is C16H20FNO4. The van der Waals surface area contributed by atoms with E-state index in [1.165, 1.54) is 18.2 Å². The molecule has 2 N–H and O–H groups in total. The predicted molar refractivity (Wildman–Crippen MR) is 77.9 cm³/mol. The number of rotatable bonds is 6. The van der Waals surface area contributed by atoms with E-state index in [2.05, 4.69) is 5.32 Å². The third kappa shape index (κ3) is 3.44. The lowest BCUT2D eigenvalue weighted by atomic mass is 9.77. The van der Waals surface area contributed by atoms with Crippen molar-refractivity contribution >= 4 is 11.9 Å². The van der Waals surface area contributed by atoms with Crippen molar-refractivity contribution in [3.63, 3.8) is 0 Å². The molecule has 5 nitrogen and oxygen atoms in total. The Bertz CT molecular complexity index is 578. The summed E-state index contributed by atoms with van der Waals surface area (Å²) in [5.74, 6) is -1.97. The molecule has 22 heavy (non-hydrogen) atoms. The number of amides is 1. The van der Waals surface area contributed by atoms with Gasteiger partial charge in [-0.05, 0) is 43.4 Å². The zero-order chi connectivity index (χ0) is 16.3. The van der Waals surface area contributed by atoms with Crippen molar-refractivity contribution in [1.82, 2.24) is 5.32 Å². The molecule has 1 aliphatic rings. The van der Waals surface area contributed by atoms with E-state index in [4.69, 9.17) is 4.74 Å². The van der Waals surface area contributed by atoms with E-state index in [1.807, 2.05) is 0 Å². The smallest absolute Gasteiger partial charge is 0.330 e. The minimum absolute atomic E-state index is 0.132. The van der Waals surface area contributed by atoms with E-state index in [1.54, 1.807) is 14.0 Å². The maximum atomic E-state index is 13.3. The van der Waals surface area contributed by atoms with Gasteiger partial charge in [-0.2, -0.15) is 0 Å². The average Bonchev–Trinajstić information content (AvgIpc) is 2.43. The number of methoxy groups -OCH3 is 1. The molecule has 0 bridgehead atoms. The summed E-state index contributed by atoms with van der Waals surface area (Å²) >= 11 is 0. The maximum Gasteiger partial charge on any atom is 0.330 e. The van der Waals surface area contributed by atoms with Crippen molar-refractivity contribution in [3.8, 4) is 0 Å². The Hall–Kier alpha value is -1.95. The Kier molecular flexibility index (Phi) is 4.81. The number of carbonyl (C=O) groups excluding carboxylic acids is 1. The van der Waals surface area contributed by atoms with Crippen molar-refractivity contribution in [2.45, 2.75) is 44.2 Å². The highest BCUT2D eigenvalue weighted by molar-refractivity contribution is 5.85. The summed E-state index contributed by atoms with van der Waals surface area (Å²) in [7, 11) is 1.56. The lowest BCUT2D eigenvalue weighted by molar-refractivity contribution is -0.145. The van der Waals surface area contributed by atoms with Crippen LogP contribution in [-0.4, -0.2) is 29.7 Å². The normalized spacial score (nSPS) is 17.4. The second kappa shape index (κ2) is 6.44. The topological polar surface area (TPSA) is 75.6 Å². The van der Waals surface area contributed by atoms with Gasteiger partial charge in [0, 0.05) is 7.11 Å². The van der Waals surface area contributed by atoms with Crippen molar-refractivity contribution in [2.75, 3.05) is 7.11 Å². The molecule has 1 aromatic rings. The number of hydrogen-bond acceptors (Lipinski definition) is 3. The van der Waals surface area contributed by atoms with E-state index in [0.717, 1.165) is 19.3 Å². The lowest BCUT2D eigenvalue weighted by Crippen LogP contribution is -2.45. The molecule has 0 aliphatic heterocycles. The van der Waals surface area contributed by atoms with Crippen LogP contribution in [0.2, 0.25) is 0 Å². The number of halogens is 1. The summed E-state index contributed by atoms with van der Waals surface area (Å²) in [5.41, 5.74) is 0.219. The molecule has 0 radical (unpaired) electrons. The number of carboxylic acids is 1. The van der Waals surface area contributed by atoms with Gasteiger partial charge in [0.25, 0.3) is 0 Å². The van der Waals surface area contributed by atoms with Gasteiger partial charge in [0.2, 0.25) is 5.91 Å². The van der Waals surface area contributed by atoms with E-state index >= 15 is 0 Å². The van der Waals surface area contributed by atoms with Gasteiger partial charge in [-0.3, -0.25) is 4.79 Å². The summed E-state index contributed by atoms with van der Waals surface area (Å²) in [6.07, 6.45) is 2.72. The van der Waals surface area contributed by atoms with Crippen LogP contribution in [0.25, 0.3) is 0 Å². The highest BCUT2D eigenvalue weighted by Gasteiger charge is 2.39. The van der Waals surface area contributed by atoms with Crippen LogP contribution >= 0.6 is 0 Å². The number of carboxylic acid groups (broad SMARTS) is 1. The summed E-state index contributed by atoms with van der Waals surface area (Å²) < 4.78 is 18.7. The van der Waals surface area contributed by atoms with E-state index in [9.17, 15) is 19.1 Å². The molecule has 1 unspecified atom stereocenters. The highest BCUT2D eigenvalue weighted by Crippen LogP contribution is 2.38. The van der Waals surface area contributed by atoms with Crippen molar-refractivity contribution < 1.29 is 23.8 Å². The van der Waals surface area contributed by atoms with Gasteiger partial charge < -0.3 is 15.2 Å². The molecule has 0 saturated heterocycles. The van der Waals surface area contributed by atoms with Crippen LogP contribution in [0, 0.1) is 12.7 Å². The van der Waals surface area contributed by atoms with Crippen LogP contribution in [0.1, 0.15) is 42.9 Å².